The third-order valence-corrected chi connectivity index (χ3v) is 2.34. The zero-order valence-electron chi connectivity index (χ0n) is 8.24. The molecular weight excluding hydrogens is 248 g/mol. The van der Waals surface area contributed by atoms with E-state index in [1.54, 1.807) is 12.3 Å². The lowest BCUT2D eigenvalue weighted by atomic mass is 10.2. The summed E-state index contributed by atoms with van der Waals surface area (Å²) in [6.07, 6.45) is 1.58. The highest BCUT2D eigenvalue weighted by Gasteiger charge is 2.12. The van der Waals surface area contributed by atoms with Gasteiger partial charge in [-0.05, 0) is 22.0 Å². The summed E-state index contributed by atoms with van der Waals surface area (Å²) in [5, 5.41) is 0. The van der Waals surface area contributed by atoms with E-state index in [1.807, 2.05) is 19.0 Å². The van der Waals surface area contributed by atoms with Crippen molar-refractivity contribution in [1.29, 1.82) is 0 Å². The smallest absolute Gasteiger partial charge is 0.339 e. The molecule has 76 valence electrons. The standard InChI is InChI=1S/C9H11BrN2O2/c1-12(2)8-4-6(9(13)14-3)7(10)5-11-8/h4-5H,1-3H3. The van der Waals surface area contributed by atoms with Crippen LogP contribution in [0.25, 0.3) is 0 Å². The number of nitrogens with zero attached hydrogens (tertiary/aromatic N) is 2. The number of hydrogen-bond acceptors (Lipinski definition) is 4. The van der Waals surface area contributed by atoms with Crippen molar-refractivity contribution in [3.8, 4) is 0 Å². The number of ether oxygens (including phenoxy) is 1. The van der Waals surface area contributed by atoms with Crippen LogP contribution in [-0.4, -0.2) is 32.2 Å². The number of rotatable bonds is 2. The lowest BCUT2D eigenvalue weighted by Gasteiger charge is -2.12. The lowest BCUT2D eigenvalue weighted by molar-refractivity contribution is 0.0599. The van der Waals surface area contributed by atoms with Crippen molar-refractivity contribution in [1.82, 2.24) is 4.98 Å². The molecule has 0 aliphatic carbocycles. The molecule has 0 aliphatic heterocycles. The van der Waals surface area contributed by atoms with Crippen molar-refractivity contribution in [3.63, 3.8) is 0 Å². The first-order valence-electron chi connectivity index (χ1n) is 3.97. The molecule has 0 aromatic carbocycles. The van der Waals surface area contributed by atoms with Crippen LogP contribution in [0.5, 0.6) is 0 Å². The number of esters is 1. The summed E-state index contributed by atoms with van der Waals surface area (Å²) >= 11 is 3.24. The van der Waals surface area contributed by atoms with Gasteiger partial charge in [0, 0.05) is 20.3 Å². The molecule has 0 bridgehead atoms. The normalized spacial score (nSPS) is 9.71. The number of halogens is 1. The molecule has 0 radical (unpaired) electrons. The van der Waals surface area contributed by atoms with Crippen LogP contribution >= 0.6 is 15.9 Å². The first kappa shape index (κ1) is 11.0. The van der Waals surface area contributed by atoms with Gasteiger partial charge < -0.3 is 9.64 Å². The number of carbonyl (C=O) groups excluding carboxylic acids is 1. The van der Waals surface area contributed by atoms with E-state index in [0.717, 1.165) is 0 Å². The monoisotopic (exact) mass is 258 g/mol. The minimum absolute atomic E-state index is 0.373. The average Bonchev–Trinajstić information content (AvgIpc) is 2.17. The van der Waals surface area contributed by atoms with E-state index in [-0.39, 0.29) is 5.97 Å². The molecule has 0 fully saturated rings. The molecule has 0 amide bonds. The highest BCUT2D eigenvalue weighted by Crippen LogP contribution is 2.20. The van der Waals surface area contributed by atoms with Crippen molar-refractivity contribution in [2.24, 2.45) is 0 Å². The van der Waals surface area contributed by atoms with Crippen LogP contribution in [0.1, 0.15) is 10.4 Å². The fourth-order valence-corrected chi connectivity index (χ4v) is 1.32. The van der Waals surface area contributed by atoms with Crippen LogP contribution in [0.3, 0.4) is 0 Å². The van der Waals surface area contributed by atoms with E-state index in [2.05, 4.69) is 25.7 Å². The van der Waals surface area contributed by atoms with Crippen molar-refractivity contribution in [3.05, 3.63) is 22.3 Å². The number of pyridine rings is 1. The second-order valence-electron chi connectivity index (χ2n) is 2.91. The minimum atomic E-state index is -0.373. The second kappa shape index (κ2) is 4.41. The lowest BCUT2D eigenvalue weighted by Crippen LogP contribution is -2.12. The van der Waals surface area contributed by atoms with Gasteiger partial charge in [-0.3, -0.25) is 0 Å². The van der Waals surface area contributed by atoms with Gasteiger partial charge in [-0.1, -0.05) is 0 Å². The summed E-state index contributed by atoms with van der Waals surface area (Å²) < 4.78 is 5.27. The first-order valence-corrected chi connectivity index (χ1v) is 4.76. The number of hydrogen-bond donors (Lipinski definition) is 0. The Balaban J connectivity index is 3.15. The molecule has 0 aliphatic rings. The van der Waals surface area contributed by atoms with Gasteiger partial charge in [-0.2, -0.15) is 0 Å². The van der Waals surface area contributed by atoms with Gasteiger partial charge in [0.1, 0.15) is 5.82 Å². The predicted octanol–water partition coefficient (Wildman–Crippen LogP) is 1.70. The Labute approximate surface area is 91.0 Å². The molecule has 1 aromatic rings. The molecule has 4 nitrogen and oxygen atoms in total. The molecule has 0 atom stereocenters. The second-order valence-corrected chi connectivity index (χ2v) is 3.76. The third kappa shape index (κ3) is 2.23. The van der Waals surface area contributed by atoms with Gasteiger partial charge in [0.25, 0.3) is 0 Å². The molecule has 0 saturated carbocycles. The van der Waals surface area contributed by atoms with Gasteiger partial charge in [0.05, 0.1) is 17.1 Å². The van der Waals surface area contributed by atoms with Crippen LogP contribution in [-0.2, 0) is 4.74 Å². The van der Waals surface area contributed by atoms with Gasteiger partial charge in [-0.15, -0.1) is 0 Å². The van der Waals surface area contributed by atoms with Crippen molar-refractivity contribution < 1.29 is 9.53 Å². The van der Waals surface area contributed by atoms with E-state index in [1.165, 1.54) is 7.11 Å². The minimum Gasteiger partial charge on any atom is -0.465 e. The van der Waals surface area contributed by atoms with Crippen LogP contribution in [0, 0.1) is 0 Å². The molecule has 1 heterocycles. The van der Waals surface area contributed by atoms with Crippen molar-refractivity contribution >= 4 is 27.7 Å². The Bertz CT molecular complexity index is 353. The first-order chi connectivity index (χ1) is 6.56. The van der Waals surface area contributed by atoms with Gasteiger partial charge in [-0.25, -0.2) is 9.78 Å². The maximum Gasteiger partial charge on any atom is 0.339 e. The molecule has 0 N–H and O–H groups in total. The summed E-state index contributed by atoms with van der Waals surface area (Å²) in [5.74, 6) is 0.343. The Morgan fingerprint density at radius 2 is 2.21 bits per heavy atom. The average molecular weight is 259 g/mol. The number of methoxy groups -OCH3 is 1. The molecule has 1 rings (SSSR count). The predicted molar refractivity (Wildman–Crippen MR) is 57.6 cm³/mol. The Hall–Kier alpha value is -1.10. The van der Waals surface area contributed by atoms with Crippen LogP contribution in [0.15, 0.2) is 16.7 Å². The SMILES string of the molecule is COC(=O)c1cc(N(C)C)ncc1Br. The van der Waals surface area contributed by atoms with E-state index in [4.69, 9.17) is 0 Å². The number of aromatic nitrogens is 1. The Kier molecular flexibility index (Phi) is 3.46. The molecule has 1 aromatic heterocycles. The Morgan fingerprint density at radius 3 is 2.71 bits per heavy atom. The third-order valence-electron chi connectivity index (χ3n) is 1.70. The fraction of sp³-hybridized carbons (Fsp3) is 0.333. The molecule has 5 heteroatoms. The number of anilines is 1. The topological polar surface area (TPSA) is 42.4 Å². The zero-order valence-corrected chi connectivity index (χ0v) is 9.83. The zero-order chi connectivity index (χ0) is 10.7. The van der Waals surface area contributed by atoms with E-state index in [9.17, 15) is 4.79 Å². The molecule has 14 heavy (non-hydrogen) atoms. The highest BCUT2D eigenvalue weighted by atomic mass is 79.9. The molecule has 0 spiro atoms. The van der Waals surface area contributed by atoms with Crippen LogP contribution in [0.2, 0.25) is 0 Å². The van der Waals surface area contributed by atoms with Gasteiger partial charge in [0.2, 0.25) is 0 Å². The van der Waals surface area contributed by atoms with Crippen LogP contribution < -0.4 is 4.90 Å². The summed E-state index contributed by atoms with van der Waals surface area (Å²) in [7, 11) is 5.07. The van der Waals surface area contributed by atoms with Gasteiger partial charge >= 0.3 is 5.97 Å². The van der Waals surface area contributed by atoms with E-state index >= 15 is 0 Å². The fourth-order valence-electron chi connectivity index (χ4n) is 0.939. The maximum atomic E-state index is 11.3. The van der Waals surface area contributed by atoms with Crippen molar-refractivity contribution in [2.45, 2.75) is 0 Å². The molecule has 0 saturated heterocycles. The quantitative estimate of drug-likeness (QED) is 0.758. The van der Waals surface area contributed by atoms with Crippen molar-refractivity contribution in [2.75, 3.05) is 26.1 Å². The van der Waals surface area contributed by atoms with Crippen LogP contribution in [0.4, 0.5) is 5.82 Å². The van der Waals surface area contributed by atoms with E-state index in [0.29, 0.717) is 15.9 Å². The summed E-state index contributed by atoms with van der Waals surface area (Å²) in [6, 6.07) is 1.68. The summed E-state index contributed by atoms with van der Waals surface area (Å²) in [6.45, 7) is 0. The summed E-state index contributed by atoms with van der Waals surface area (Å²) in [4.78, 5) is 17.3. The highest BCUT2D eigenvalue weighted by molar-refractivity contribution is 9.10. The number of carbonyl (C=O) groups is 1. The summed E-state index contributed by atoms with van der Waals surface area (Å²) in [5.41, 5.74) is 0.478. The van der Waals surface area contributed by atoms with Gasteiger partial charge in [0.15, 0.2) is 0 Å². The van der Waals surface area contributed by atoms with E-state index < -0.39 is 0 Å². The maximum absolute atomic E-state index is 11.3. The largest absolute Gasteiger partial charge is 0.465 e. The molecule has 0 unspecified atom stereocenters. The Morgan fingerprint density at radius 1 is 1.57 bits per heavy atom. The molecular formula is C9H11BrN2O2.